The zero-order valence-electron chi connectivity index (χ0n) is 22.8. The number of aryl methyl sites for hydroxylation is 2. The first kappa shape index (κ1) is 26.8. The molecule has 2 heterocycles. The van der Waals surface area contributed by atoms with Crippen LogP contribution in [0.2, 0.25) is 5.02 Å². The first-order valence-corrected chi connectivity index (χ1v) is 13.6. The van der Waals surface area contributed by atoms with Crippen molar-refractivity contribution in [3.8, 4) is 11.5 Å². The van der Waals surface area contributed by atoms with Crippen LogP contribution in [0.25, 0.3) is 11.0 Å². The second-order valence-electron chi connectivity index (χ2n) is 10.4. The predicted molar refractivity (Wildman–Crippen MR) is 155 cm³/mol. The van der Waals surface area contributed by atoms with Gasteiger partial charge in [-0.05, 0) is 80.6 Å². The molecule has 1 amide bonds. The Balaban J connectivity index is 1.70. The van der Waals surface area contributed by atoms with E-state index in [4.69, 9.17) is 25.5 Å². The Kier molecular flexibility index (Phi) is 7.41. The summed E-state index contributed by atoms with van der Waals surface area (Å²) in [6.45, 7) is 11.0. The minimum Gasteiger partial charge on any atom is -0.490 e. The molecule has 5 rings (SSSR count). The van der Waals surface area contributed by atoms with Gasteiger partial charge in [-0.3, -0.25) is 14.5 Å². The number of hydrogen-bond donors (Lipinski definition) is 0. The number of carbonyl (C=O) groups is 1. The van der Waals surface area contributed by atoms with Gasteiger partial charge in [0.2, 0.25) is 5.76 Å². The summed E-state index contributed by atoms with van der Waals surface area (Å²) in [5, 5.41) is 0.966. The molecule has 0 aliphatic carbocycles. The molecule has 1 aliphatic rings. The van der Waals surface area contributed by atoms with E-state index in [1.54, 1.807) is 23.1 Å². The molecule has 0 radical (unpaired) electrons. The Morgan fingerprint density at radius 2 is 1.77 bits per heavy atom. The third-order valence-electron chi connectivity index (χ3n) is 7.00. The van der Waals surface area contributed by atoms with Gasteiger partial charge in [-0.2, -0.15) is 0 Å². The first-order valence-electron chi connectivity index (χ1n) is 13.3. The third kappa shape index (κ3) is 5.01. The second-order valence-corrected chi connectivity index (χ2v) is 10.8. The van der Waals surface area contributed by atoms with Gasteiger partial charge in [0.15, 0.2) is 16.9 Å². The van der Waals surface area contributed by atoms with Crippen molar-refractivity contribution < 1.29 is 18.7 Å². The minimum absolute atomic E-state index is 0.0354. The van der Waals surface area contributed by atoms with E-state index >= 15 is 0 Å². The highest BCUT2D eigenvalue weighted by Crippen LogP contribution is 2.44. The highest BCUT2D eigenvalue weighted by Gasteiger charge is 2.44. The molecule has 202 valence electrons. The third-order valence-corrected chi connectivity index (χ3v) is 7.40. The van der Waals surface area contributed by atoms with Crippen molar-refractivity contribution in [3.05, 3.63) is 97.9 Å². The second kappa shape index (κ2) is 10.8. The average Bonchev–Trinajstić information content (AvgIpc) is 3.19. The van der Waals surface area contributed by atoms with Crippen LogP contribution in [0.15, 0.2) is 63.8 Å². The number of rotatable bonds is 8. The van der Waals surface area contributed by atoms with E-state index in [9.17, 15) is 9.59 Å². The number of halogens is 1. The number of ether oxygens (including phenoxy) is 2. The van der Waals surface area contributed by atoms with Gasteiger partial charge in [-0.25, -0.2) is 0 Å². The van der Waals surface area contributed by atoms with Gasteiger partial charge in [-0.15, -0.1) is 0 Å². The lowest BCUT2D eigenvalue weighted by atomic mass is 9.97. The van der Waals surface area contributed by atoms with Gasteiger partial charge in [0, 0.05) is 10.7 Å². The molecule has 0 N–H and O–H groups in total. The van der Waals surface area contributed by atoms with E-state index in [0.717, 1.165) is 17.5 Å². The summed E-state index contributed by atoms with van der Waals surface area (Å²) >= 11 is 6.48. The summed E-state index contributed by atoms with van der Waals surface area (Å²) in [4.78, 5) is 29.5. The molecule has 0 saturated heterocycles. The standard InChI is InChI=1S/C32H32ClNO5/c1-6-37-27-16-21(9-12-26(27)38-14-13-18(2)3)29-28-30(35)23-15-19(4)7-11-25(23)39-31(28)32(36)34(29)22-10-8-20(5)24(33)17-22/h7-12,15-18,29H,6,13-14H2,1-5H3. The largest absolute Gasteiger partial charge is 0.490 e. The van der Waals surface area contributed by atoms with Crippen LogP contribution in [-0.2, 0) is 0 Å². The first-order chi connectivity index (χ1) is 18.7. The molecule has 4 aromatic rings. The minimum atomic E-state index is -0.739. The molecule has 1 unspecified atom stereocenters. The smallest absolute Gasteiger partial charge is 0.295 e. The molecule has 1 aliphatic heterocycles. The quantitative estimate of drug-likeness (QED) is 0.227. The lowest BCUT2D eigenvalue weighted by Gasteiger charge is -2.26. The number of carbonyl (C=O) groups excluding carboxylic acids is 1. The molecule has 39 heavy (non-hydrogen) atoms. The molecular weight excluding hydrogens is 514 g/mol. The Labute approximate surface area is 233 Å². The number of fused-ring (bicyclic) bond motifs is 2. The van der Waals surface area contributed by atoms with Crippen molar-refractivity contribution in [3.63, 3.8) is 0 Å². The maximum Gasteiger partial charge on any atom is 0.295 e. The molecule has 0 spiro atoms. The Morgan fingerprint density at radius 3 is 2.49 bits per heavy atom. The molecular formula is C32H32ClNO5. The van der Waals surface area contributed by atoms with Gasteiger partial charge in [0.25, 0.3) is 5.91 Å². The van der Waals surface area contributed by atoms with Gasteiger partial charge in [0.05, 0.1) is 30.2 Å². The van der Waals surface area contributed by atoms with Crippen LogP contribution in [0.1, 0.15) is 66.0 Å². The summed E-state index contributed by atoms with van der Waals surface area (Å²) < 4.78 is 18.1. The zero-order valence-corrected chi connectivity index (χ0v) is 23.6. The molecule has 3 aromatic carbocycles. The van der Waals surface area contributed by atoms with E-state index in [1.807, 2.05) is 57.2 Å². The molecule has 1 aromatic heterocycles. The van der Waals surface area contributed by atoms with Crippen molar-refractivity contribution in [2.24, 2.45) is 5.92 Å². The van der Waals surface area contributed by atoms with E-state index in [0.29, 0.717) is 63.4 Å². The van der Waals surface area contributed by atoms with E-state index in [-0.39, 0.29) is 11.2 Å². The fourth-order valence-corrected chi connectivity index (χ4v) is 5.06. The molecule has 1 atom stereocenters. The molecule has 6 nitrogen and oxygen atoms in total. The Morgan fingerprint density at radius 1 is 0.974 bits per heavy atom. The predicted octanol–water partition coefficient (Wildman–Crippen LogP) is 7.64. The summed E-state index contributed by atoms with van der Waals surface area (Å²) in [6, 6.07) is 15.7. The fraction of sp³-hybridized carbons (Fsp3) is 0.312. The summed E-state index contributed by atoms with van der Waals surface area (Å²) in [5.41, 5.74) is 3.54. The van der Waals surface area contributed by atoms with Crippen molar-refractivity contribution >= 4 is 34.2 Å². The van der Waals surface area contributed by atoms with E-state index < -0.39 is 11.9 Å². The van der Waals surface area contributed by atoms with E-state index in [2.05, 4.69) is 13.8 Å². The monoisotopic (exact) mass is 545 g/mol. The number of anilines is 1. The van der Waals surface area contributed by atoms with Gasteiger partial charge >= 0.3 is 0 Å². The SMILES string of the molecule is CCOc1cc(C2c3c(oc4ccc(C)cc4c3=O)C(=O)N2c2ccc(C)c(Cl)c2)ccc1OCCC(C)C. The van der Waals surface area contributed by atoms with Crippen molar-refractivity contribution in [1.29, 1.82) is 0 Å². The molecule has 0 bridgehead atoms. The lowest BCUT2D eigenvalue weighted by molar-refractivity contribution is 0.0971. The van der Waals surface area contributed by atoms with E-state index in [1.165, 1.54) is 0 Å². The molecule has 0 saturated carbocycles. The summed E-state index contributed by atoms with van der Waals surface area (Å²) in [5.74, 6) is 1.32. The average molecular weight is 546 g/mol. The topological polar surface area (TPSA) is 69.0 Å². The van der Waals surface area contributed by atoms with Crippen LogP contribution in [0.4, 0.5) is 5.69 Å². The lowest BCUT2D eigenvalue weighted by Crippen LogP contribution is -2.29. The zero-order chi connectivity index (χ0) is 27.8. The van der Waals surface area contributed by atoms with Crippen LogP contribution < -0.4 is 19.8 Å². The molecule has 7 heteroatoms. The summed E-state index contributed by atoms with van der Waals surface area (Å²) in [6.07, 6.45) is 0.910. The van der Waals surface area contributed by atoms with Crippen molar-refractivity contribution in [2.45, 2.75) is 47.1 Å². The maximum absolute atomic E-state index is 14.0. The van der Waals surface area contributed by atoms with Crippen LogP contribution in [0, 0.1) is 19.8 Å². The van der Waals surface area contributed by atoms with Crippen LogP contribution in [0.3, 0.4) is 0 Å². The van der Waals surface area contributed by atoms with Crippen LogP contribution in [-0.4, -0.2) is 19.1 Å². The van der Waals surface area contributed by atoms with Gasteiger partial charge in [-0.1, -0.05) is 49.2 Å². The Hall–Kier alpha value is -3.77. The summed E-state index contributed by atoms with van der Waals surface area (Å²) in [7, 11) is 0. The van der Waals surface area contributed by atoms with Gasteiger partial charge in [0.1, 0.15) is 5.58 Å². The number of nitrogens with zero attached hydrogens (tertiary/aromatic N) is 1. The Bertz CT molecular complexity index is 1620. The highest BCUT2D eigenvalue weighted by molar-refractivity contribution is 6.31. The number of amides is 1. The van der Waals surface area contributed by atoms with Crippen LogP contribution in [0.5, 0.6) is 11.5 Å². The van der Waals surface area contributed by atoms with Crippen LogP contribution >= 0.6 is 11.6 Å². The fourth-order valence-electron chi connectivity index (χ4n) is 4.89. The maximum atomic E-state index is 14.0. The number of benzene rings is 3. The molecule has 0 fully saturated rings. The van der Waals surface area contributed by atoms with Gasteiger partial charge < -0.3 is 13.9 Å². The number of hydrogen-bond acceptors (Lipinski definition) is 5. The van der Waals surface area contributed by atoms with Crippen molar-refractivity contribution in [2.75, 3.05) is 18.1 Å². The normalized spacial score (nSPS) is 14.8. The van der Waals surface area contributed by atoms with Crippen molar-refractivity contribution in [1.82, 2.24) is 0 Å². The highest BCUT2D eigenvalue weighted by atomic mass is 35.5.